The molecule has 0 N–H and O–H groups in total. The van der Waals surface area contributed by atoms with Crippen LogP contribution in [0.25, 0.3) is 0 Å². The predicted octanol–water partition coefficient (Wildman–Crippen LogP) is 2.66. The van der Waals surface area contributed by atoms with Crippen LogP contribution in [0.2, 0.25) is 0 Å². The summed E-state index contributed by atoms with van der Waals surface area (Å²) < 4.78 is 5.74. The molecule has 1 aliphatic carbocycles. The van der Waals surface area contributed by atoms with E-state index in [1.807, 2.05) is 0 Å². The molecule has 0 radical (unpaired) electrons. The van der Waals surface area contributed by atoms with Gasteiger partial charge in [0.1, 0.15) is 0 Å². The third-order valence-corrected chi connectivity index (χ3v) is 3.84. The zero-order chi connectivity index (χ0) is 10.5. The number of hydrogen-bond donors (Lipinski definition) is 0. The van der Waals surface area contributed by atoms with Gasteiger partial charge in [-0.1, -0.05) is 28.8 Å². The van der Waals surface area contributed by atoms with Crippen molar-refractivity contribution in [3.63, 3.8) is 0 Å². The predicted molar refractivity (Wildman–Crippen MR) is 66.5 cm³/mol. The smallest absolute Gasteiger partial charge is 0.0599 e. The van der Waals surface area contributed by atoms with Crippen molar-refractivity contribution in [2.24, 2.45) is 5.92 Å². The van der Waals surface area contributed by atoms with Gasteiger partial charge in [-0.25, -0.2) is 0 Å². The second kappa shape index (κ2) is 6.21. The SMILES string of the molecule is BrCCOC1CCN(CCC2CC2)CC1. The monoisotopic (exact) mass is 275 g/mol. The van der Waals surface area contributed by atoms with Crippen LogP contribution in [0.15, 0.2) is 0 Å². The Hall–Kier alpha value is 0.400. The number of ether oxygens (including phenoxy) is 1. The first-order valence-corrected chi connectivity index (χ1v) is 7.40. The van der Waals surface area contributed by atoms with Crippen LogP contribution < -0.4 is 0 Å². The van der Waals surface area contributed by atoms with Crippen molar-refractivity contribution in [1.82, 2.24) is 4.90 Å². The van der Waals surface area contributed by atoms with Crippen LogP contribution in [0.1, 0.15) is 32.1 Å². The molecule has 1 saturated carbocycles. The lowest BCUT2D eigenvalue weighted by atomic mass is 10.1. The van der Waals surface area contributed by atoms with Gasteiger partial charge < -0.3 is 9.64 Å². The minimum atomic E-state index is 0.528. The van der Waals surface area contributed by atoms with Gasteiger partial charge in [-0.3, -0.25) is 0 Å². The average molecular weight is 276 g/mol. The summed E-state index contributed by atoms with van der Waals surface area (Å²) in [4.78, 5) is 2.62. The third kappa shape index (κ3) is 4.41. The molecule has 0 spiro atoms. The second-order valence-corrected chi connectivity index (χ2v) is 5.63. The number of piperidine rings is 1. The first-order valence-electron chi connectivity index (χ1n) is 6.28. The number of nitrogens with zero attached hydrogens (tertiary/aromatic N) is 1. The van der Waals surface area contributed by atoms with Gasteiger partial charge in [-0.2, -0.15) is 0 Å². The molecule has 2 nitrogen and oxygen atoms in total. The lowest BCUT2D eigenvalue weighted by Crippen LogP contribution is -2.37. The average Bonchev–Trinajstić information content (AvgIpc) is 3.09. The maximum Gasteiger partial charge on any atom is 0.0599 e. The van der Waals surface area contributed by atoms with E-state index in [4.69, 9.17) is 4.74 Å². The highest BCUT2D eigenvalue weighted by Crippen LogP contribution is 2.32. The molecule has 0 aromatic heterocycles. The molecule has 2 aliphatic rings. The van der Waals surface area contributed by atoms with Crippen LogP contribution in [-0.2, 0) is 4.74 Å². The minimum absolute atomic E-state index is 0.528. The Labute approximate surface area is 101 Å². The van der Waals surface area contributed by atoms with Crippen molar-refractivity contribution in [2.75, 3.05) is 31.6 Å². The lowest BCUT2D eigenvalue weighted by molar-refractivity contribution is 0.0155. The molecular weight excluding hydrogens is 254 g/mol. The van der Waals surface area contributed by atoms with Gasteiger partial charge in [0, 0.05) is 18.4 Å². The highest BCUT2D eigenvalue weighted by Gasteiger charge is 2.24. The molecule has 0 unspecified atom stereocenters. The maximum absolute atomic E-state index is 5.74. The van der Waals surface area contributed by atoms with Gasteiger partial charge in [0.05, 0.1) is 12.7 Å². The molecule has 0 amide bonds. The van der Waals surface area contributed by atoms with Crippen LogP contribution in [0.3, 0.4) is 0 Å². The van der Waals surface area contributed by atoms with E-state index in [-0.39, 0.29) is 0 Å². The summed E-state index contributed by atoms with van der Waals surface area (Å²) in [5.41, 5.74) is 0. The molecule has 1 aliphatic heterocycles. The minimum Gasteiger partial charge on any atom is -0.377 e. The van der Waals surface area contributed by atoms with E-state index in [1.165, 1.54) is 51.7 Å². The molecule has 88 valence electrons. The van der Waals surface area contributed by atoms with Crippen molar-refractivity contribution in [2.45, 2.75) is 38.2 Å². The van der Waals surface area contributed by atoms with E-state index in [0.29, 0.717) is 6.10 Å². The lowest BCUT2D eigenvalue weighted by Gasteiger charge is -2.31. The van der Waals surface area contributed by atoms with E-state index in [1.54, 1.807) is 0 Å². The summed E-state index contributed by atoms with van der Waals surface area (Å²) in [6.45, 7) is 4.70. The van der Waals surface area contributed by atoms with E-state index >= 15 is 0 Å². The first kappa shape index (κ1) is 11.9. The standard InChI is InChI=1S/C12H22BrNO/c13-6-10-15-12-4-8-14(9-5-12)7-3-11-1-2-11/h11-12H,1-10H2. The van der Waals surface area contributed by atoms with Gasteiger partial charge in [-0.15, -0.1) is 0 Å². The van der Waals surface area contributed by atoms with Crippen LogP contribution in [0.5, 0.6) is 0 Å². The summed E-state index contributed by atoms with van der Waals surface area (Å²) in [6, 6.07) is 0. The number of halogens is 1. The Morgan fingerprint density at radius 3 is 2.47 bits per heavy atom. The largest absolute Gasteiger partial charge is 0.377 e. The van der Waals surface area contributed by atoms with E-state index in [0.717, 1.165) is 17.9 Å². The zero-order valence-electron chi connectivity index (χ0n) is 9.46. The van der Waals surface area contributed by atoms with E-state index < -0.39 is 0 Å². The molecule has 2 fully saturated rings. The van der Waals surface area contributed by atoms with E-state index in [2.05, 4.69) is 20.8 Å². The number of hydrogen-bond acceptors (Lipinski definition) is 2. The van der Waals surface area contributed by atoms with Crippen molar-refractivity contribution in [3.8, 4) is 0 Å². The zero-order valence-corrected chi connectivity index (χ0v) is 11.0. The Morgan fingerprint density at radius 1 is 1.13 bits per heavy atom. The van der Waals surface area contributed by atoms with Crippen molar-refractivity contribution < 1.29 is 4.74 Å². The fourth-order valence-corrected chi connectivity index (χ4v) is 2.47. The molecule has 0 bridgehead atoms. The molecule has 0 atom stereocenters. The summed E-state index contributed by atoms with van der Waals surface area (Å²) in [6.07, 6.45) is 7.41. The van der Waals surface area contributed by atoms with Gasteiger partial charge in [-0.05, 0) is 31.7 Å². The Bertz CT molecular complexity index is 176. The molecule has 0 aromatic carbocycles. The molecule has 3 heteroatoms. The molecule has 1 saturated heterocycles. The van der Waals surface area contributed by atoms with Crippen molar-refractivity contribution in [1.29, 1.82) is 0 Å². The van der Waals surface area contributed by atoms with Crippen LogP contribution >= 0.6 is 15.9 Å². The molecule has 2 rings (SSSR count). The summed E-state index contributed by atoms with van der Waals surface area (Å²) in [7, 11) is 0. The van der Waals surface area contributed by atoms with E-state index in [9.17, 15) is 0 Å². The van der Waals surface area contributed by atoms with Gasteiger partial charge >= 0.3 is 0 Å². The first-order chi connectivity index (χ1) is 7.38. The highest BCUT2D eigenvalue weighted by atomic mass is 79.9. The summed E-state index contributed by atoms with van der Waals surface area (Å²) in [5, 5.41) is 0.967. The summed E-state index contributed by atoms with van der Waals surface area (Å²) >= 11 is 3.40. The quantitative estimate of drug-likeness (QED) is 0.692. The maximum atomic E-state index is 5.74. The Kier molecular flexibility index (Phi) is 4.92. The molecule has 15 heavy (non-hydrogen) atoms. The number of rotatable bonds is 6. The fraction of sp³-hybridized carbons (Fsp3) is 1.00. The van der Waals surface area contributed by atoms with Gasteiger partial charge in [0.2, 0.25) is 0 Å². The van der Waals surface area contributed by atoms with Crippen LogP contribution in [0.4, 0.5) is 0 Å². The third-order valence-electron chi connectivity index (χ3n) is 3.52. The second-order valence-electron chi connectivity index (χ2n) is 4.83. The Balaban J connectivity index is 1.54. The normalized spacial score (nSPS) is 24.6. The Morgan fingerprint density at radius 2 is 1.87 bits per heavy atom. The number of likely N-dealkylation sites (tertiary alicyclic amines) is 1. The number of alkyl halides is 1. The van der Waals surface area contributed by atoms with Crippen molar-refractivity contribution in [3.05, 3.63) is 0 Å². The fourth-order valence-electron chi connectivity index (χ4n) is 2.28. The molecule has 1 heterocycles. The van der Waals surface area contributed by atoms with Gasteiger partial charge in [0.25, 0.3) is 0 Å². The van der Waals surface area contributed by atoms with Crippen LogP contribution in [-0.4, -0.2) is 42.6 Å². The molecule has 0 aromatic rings. The van der Waals surface area contributed by atoms with Gasteiger partial charge in [0.15, 0.2) is 0 Å². The van der Waals surface area contributed by atoms with Crippen LogP contribution in [0, 0.1) is 5.92 Å². The highest BCUT2D eigenvalue weighted by molar-refractivity contribution is 9.09. The van der Waals surface area contributed by atoms with Crippen molar-refractivity contribution >= 4 is 15.9 Å². The summed E-state index contributed by atoms with van der Waals surface area (Å²) in [5.74, 6) is 1.08. The topological polar surface area (TPSA) is 12.5 Å². The molecular formula is C12H22BrNO.